The zero-order valence-electron chi connectivity index (χ0n) is 14.3. The quantitative estimate of drug-likeness (QED) is 0.939. The molecule has 2 aromatic rings. The molecular formula is C18H24N4O. The first-order valence-electron chi connectivity index (χ1n) is 8.08. The van der Waals surface area contributed by atoms with Gasteiger partial charge in [-0.15, -0.1) is 0 Å². The Kier molecular flexibility index (Phi) is 4.37. The first-order valence-corrected chi connectivity index (χ1v) is 8.08. The van der Waals surface area contributed by atoms with Gasteiger partial charge in [-0.25, -0.2) is 4.98 Å². The third kappa shape index (κ3) is 3.23. The van der Waals surface area contributed by atoms with Crippen LogP contribution in [0.2, 0.25) is 0 Å². The zero-order chi connectivity index (χ0) is 16.4. The van der Waals surface area contributed by atoms with Crippen molar-refractivity contribution in [1.29, 1.82) is 0 Å². The normalized spacial score (nSPS) is 13.9. The smallest absolute Gasteiger partial charge is 0.224 e. The lowest BCUT2D eigenvalue weighted by molar-refractivity contribution is 0.413. The molecule has 2 heterocycles. The fourth-order valence-electron chi connectivity index (χ4n) is 2.87. The van der Waals surface area contributed by atoms with E-state index in [1.54, 1.807) is 7.11 Å². The van der Waals surface area contributed by atoms with Crippen LogP contribution < -0.4 is 15.0 Å². The maximum atomic E-state index is 5.32. The molecule has 1 aliphatic heterocycles. The van der Waals surface area contributed by atoms with Crippen LogP contribution in [0.25, 0.3) is 0 Å². The first-order chi connectivity index (χ1) is 11.1. The van der Waals surface area contributed by atoms with Crippen LogP contribution >= 0.6 is 0 Å². The number of rotatable bonds is 4. The third-order valence-corrected chi connectivity index (χ3v) is 4.30. The second-order valence-electron chi connectivity index (χ2n) is 6.19. The minimum atomic E-state index is 0.380. The number of ether oxygens (including phenoxy) is 1. The maximum absolute atomic E-state index is 5.32. The Morgan fingerprint density at radius 2 is 2.00 bits per heavy atom. The average Bonchev–Trinajstić information content (AvgIpc) is 2.60. The van der Waals surface area contributed by atoms with Crippen molar-refractivity contribution < 1.29 is 4.74 Å². The Bertz CT molecular complexity index is 699. The number of fused-ring (bicyclic) bond motifs is 1. The number of hydrogen-bond acceptors (Lipinski definition) is 5. The van der Waals surface area contributed by atoms with Crippen LogP contribution in [-0.4, -0.2) is 30.7 Å². The lowest BCUT2D eigenvalue weighted by Crippen LogP contribution is -2.31. The Morgan fingerprint density at radius 3 is 2.70 bits per heavy atom. The molecule has 0 unspecified atom stereocenters. The SMILES string of the molecule is CNc1nc(C(C)C)cc(N2CCc3cc(OC)ccc3C2)n1. The van der Waals surface area contributed by atoms with Crippen LogP contribution in [0.15, 0.2) is 24.3 Å². The molecule has 3 rings (SSSR count). The van der Waals surface area contributed by atoms with E-state index in [4.69, 9.17) is 4.74 Å². The van der Waals surface area contributed by atoms with E-state index >= 15 is 0 Å². The van der Waals surface area contributed by atoms with Gasteiger partial charge in [0.1, 0.15) is 11.6 Å². The molecule has 0 saturated carbocycles. The number of anilines is 2. The van der Waals surface area contributed by atoms with Crippen molar-refractivity contribution in [2.45, 2.75) is 32.7 Å². The largest absolute Gasteiger partial charge is 0.497 e. The van der Waals surface area contributed by atoms with Gasteiger partial charge in [0.15, 0.2) is 0 Å². The fourth-order valence-corrected chi connectivity index (χ4v) is 2.87. The molecule has 23 heavy (non-hydrogen) atoms. The third-order valence-electron chi connectivity index (χ3n) is 4.30. The molecule has 1 aromatic carbocycles. The molecule has 1 aromatic heterocycles. The number of aromatic nitrogens is 2. The van der Waals surface area contributed by atoms with Gasteiger partial charge in [-0.05, 0) is 35.6 Å². The van der Waals surface area contributed by atoms with Gasteiger partial charge in [0, 0.05) is 26.2 Å². The zero-order valence-corrected chi connectivity index (χ0v) is 14.3. The molecule has 0 aliphatic carbocycles. The maximum Gasteiger partial charge on any atom is 0.224 e. The Labute approximate surface area is 137 Å². The lowest BCUT2D eigenvalue weighted by Gasteiger charge is -2.30. The van der Waals surface area contributed by atoms with Gasteiger partial charge >= 0.3 is 0 Å². The summed E-state index contributed by atoms with van der Waals surface area (Å²) in [4.78, 5) is 11.5. The van der Waals surface area contributed by atoms with E-state index in [-0.39, 0.29) is 0 Å². The predicted molar refractivity (Wildman–Crippen MR) is 93.4 cm³/mol. The molecule has 5 nitrogen and oxygen atoms in total. The summed E-state index contributed by atoms with van der Waals surface area (Å²) in [5.74, 6) is 2.99. The van der Waals surface area contributed by atoms with E-state index in [2.05, 4.69) is 52.2 Å². The Hall–Kier alpha value is -2.30. The van der Waals surface area contributed by atoms with Crippen LogP contribution in [0.1, 0.15) is 36.6 Å². The molecule has 0 amide bonds. The summed E-state index contributed by atoms with van der Waals surface area (Å²) >= 11 is 0. The predicted octanol–water partition coefficient (Wildman–Crippen LogP) is 3.21. The number of methoxy groups -OCH3 is 1. The highest BCUT2D eigenvalue weighted by Gasteiger charge is 2.19. The molecule has 0 saturated heterocycles. The van der Waals surface area contributed by atoms with Gasteiger partial charge in [-0.1, -0.05) is 19.9 Å². The molecule has 0 fully saturated rings. The summed E-state index contributed by atoms with van der Waals surface area (Å²) in [5, 5.41) is 3.07. The van der Waals surface area contributed by atoms with Gasteiger partial charge in [0.25, 0.3) is 0 Å². The molecule has 0 spiro atoms. The van der Waals surface area contributed by atoms with Crippen LogP contribution in [0, 0.1) is 0 Å². The van der Waals surface area contributed by atoms with Crippen molar-refractivity contribution in [2.75, 3.05) is 30.9 Å². The van der Waals surface area contributed by atoms with Gasteiger partial charge in [-0.3, -0.25) is 0 Å². The van der Waals surface area contributed by atoms with E-state index in [0.717, 1.165) is 36.8 Å². The van der Waals surface area contributed by atoms with Crippen LogP contribution in [0.5, 0.6) is 5.75 Å². The summed E-state index contributed by atoms with van der Waals surface area (Å²) in [6.07, 6.45) is 1.00. The van der Waals surface area contributed by atoms with Gasteiger partial charge in [0.2, 0.25) is 5.95 Å². The van der Waals surface area contributed by atoms with Crippen LogP contribution in [-0.2, 0) is 13.0 Å². The lowest BCUT2D eigenvalue weighted by atomic mass is 9.99. The van der Waals surface area contributed by atoms with Gasteiger partial charge in [-0.2, -0.15) is 4.98 Å². The topological polar surface area (TPSA) is 50.3 Å². The molecule has 0 atom stereocenters. The summed E-state index contributed by atoms with van der Waals surface area (Å²) in [6.45, 7) is 6.14. The van der Waals surface area contributed by atoms with Crippen molar-refractivity contribution in [3.63, 3.8) is 0 Å². The van der Waals surface area contributed by atoms with Crippen molar-refractivity contribution >= 4 is 11.8 Å². The highest BCUT2D eigenvalue weighted by molar-refractivity contribution is 5.49. The van der Waals surface area contributed by atoms with E-state index in [9.17, 15) is 0 Å². The fraction of sp³-hybridized carbons (Fsp3) is 0.444. The number of nitrogens with zero attached hydrogens (tertiary/aromatic N) is 3. The number of hydrogen-bond donors (Lipinski definition) is 1. The molecule has 122 valence electrons. The molecule has 1 N–H and O–H groups in total. The minimum Gasteiger partial charge on any atom is -0.497 e. The molecule has 1 aliphatic rings. The first kappa shape index (κ1) is 15.6. The van der Waals surface area contributed by atoms with Crippen molar-refractivity contribution in [2.24, 2.45) is 0 Å². The van der Waals surface area contributed by atoms with E-state index < -0.39 is 0 Å². The van der Waals surface area contributed by atoms with Crippen molar-refractivity contribution in [3.05, 3.63) is 41.1 Å². The molecular weight excluding hydrogens is 288 g/mol. The Balaban J connectivity index is 1.89. The van der Waals surface area contributed by atoms with Crippen LogP contribution in [0.3, 0.4) is 0 Å². The van der Waals surface area contributed by atoms with E-state index in [0.29, 0.717) is 11.9 Å². The number of nitrogens with one attached hydrogen (secondary N) is 1. The summed E-state index contributed by atoms with van der Waals surface area (Å²) in [7, 11) is 3.57. The summed E-state index contributed by atoms with van der Waals surface area (Å²) < 4.78 is 5.32. The standard InChI is InChI=1S/C18H24N4O/c1-12(2)16-10-17(21-18(19-3)20-16)22-8-7-13-9-15(23-4)6-5-14(13)11-22/h5-6,9-10,12H,7-8,11H2,1-4H3,(H,19,20,21). The number of benzene rings is 1. The average molecular weight is 312 g/mol. The van der Waals surface area contributed by atoms with Crippen LogP contribution in [0.4, 0.5) is 11.8 Å². The Morgan fingerprint density at radius 1 is 1.17 bits per heavy atom. The molecule has 0 bridgehead atoms. The second-order valence-corrected chi connectivity index (χ2v) is 6.19. The highest BCUT2D eigenvalue weighted by Crippen LogP contribution is 2.28. The van der Waals surface area contributed by atoms with Crippen molar-refractivity contribution in [3.8, 4) is 5.75 Å². The van der Waals surface area contributed by atoms with E-state index in [1.807, 2.05) is 13.1 Å². The van der Waals surface area contributed by atoms with Gasteiger partial charge in [0.05, 0.1) is 12.8 Å². The second kappa shape index (κ2) is 6.44. The van der Waals surface area contributed by atoms with Crippen molar-refractivity contribution in [1.82, 2.24) is 9.97 Å². The highest BCUT2D eigenvalue weighted by atomic mass is 16.5. The monoisotopic (exact) mass is 312 g/mol. The minimum absolute atomic E-state index is 0.380. The summed E-state index contributed by atoms with van der Waals surface area (Å²) in [5.41, 5.74) is 3.78. The van der Waals surface area contributed by atoms with E-state index in [1.165, 1.54) is 11.1 Å². The van der Waals surface area contributed by atoms with Gasteiger partial charge < -0.3 is 15.0 Å². The summed E-state index contributed by atoms with van der Waals surface area (Å²) in [6, 6.07) is 8.44. The molecule has 0 radical (unpaired) electrons. The molecule has 5 heteroatoms.